The van der Waals surface area contributed by atoms with E-state index in [1.807, 2.05) is 0 Å². The van der Waals surface area contributed by atoms with Gasteiger partial charge in [-0.05, 0) is 19.1 Å². The Morgan fingerprint density at radius 3 is 2.39 bits per heavy atom. The van der Waals surface area contributed by atoms with E-state index in [0.717, 1.165) is 0 Å². The Morgan fingerprint density at radius 2 is 1.83 bits per heavy atom. The topological polar surface area (TPSA) is 69.7 Å². The van der Waals surface area contributed by atoms with E-state index in [-0.39, 0.29) is 0 Å². The third-order valence-electron chi connectivity index (χ3n) is 3.27. The number of para-hydroxylation sites is 1. The molecule has 9 heteroatoms. The monoisotopic (exact) mass is 329 g/mol. The summed E-state index contributed by atoms with van der Waals surface area (Å²) in [6.07, 6.45) is -4.56. The summed E-state index contributed by atoms with van der Waals surface area (Å²) >= 11 is 0. The summed E-state index contributed by atoms with van der Waals surface area (Å²) in [5.74, 6) is -1.69. The average molecular weight is 329 g/mol. The van der Waals surface area contributed by atoms with Crippen molar-refractivity contribution in [2.75, 3.05) is 18.0 Å². The van der Waals surface area contributed by atoms with Gasteiger partial charge in [0.1, 0.15) is 19.1 Å². The number of hydrogen-bond acceptors (Lipinski definition) is 3. The molecule has 0 aromatic heterocycles. The first-order valence-electron chi connectivity index (χ1n) is 6.74. The number of rotatable bonds is 4. The van der Waals surface area contributed by atoms with Crippen LogP contribution in [-0.2, 0) is 9.59 Å². The molecule has 0 radical (unpaired) electrons. The number of urea groups is 1. The lowest BCUT2D eigenvalue weighted by atomic mass is 10.2. The number of nitrogens with one attached hydrogen (secondary N) is 1. The maximum Gasteiger partial charge on any atom is 0.405 e. The molecular formula is C14H14F3N3O3. The Bertz CT molecular complexity index is 619. The summed E-state index contributed by atoms with van der Waals surface area (Å²) in [5, 5.41) is 1.63. The largest absolute Gasteiger partial charge is 0.405 e. The van der Waals surface area contributed by atoms with Crippen molar-refractivity contribution in [3.8, 4) is 0 Å². The van der Waals surface area contributed by atoms with Gasteiger partial charge in [0, 0.05) is 5.69 Å². The number of hydrogen-bond donors (Lipinski definition) is 1. The van der Waals surface area contributed by atoms with Crippen LogP contribution in [0.1, 0.15) is 6.92 Å². The van der Waals surface area contributed by atoms with Crippen LogP contribution < -0.4 is 10.2 Å². The zero-order valence-electron chi connectivity index (χ0n) is 12.1. The summed E-state index contributed by atoms with van der Waals surface area (Å²) < 4.78 is 36.2. The quantitative estimate of drug-likeness (QED) is 0.852. The molecule has 1 aromatic carbocycles. The molecule has 1 heterocycles. The van der Waals surface area contributed by atoms with Gasteiger partial charge in [0.25, 0.3) is 5.91 Å². The van der Waals surface area contributed by atoms with Gasteiger partial charge in [-0.15, -0.1) is 0 Å². The molecule has 1 aliphatic heterocycles. The lowest BCUT2D eigenvalue weighted by Crippen LogP contribution is -2.43. The maximum absolute atomic E-state index is 12.3. The van der Waals surface area contributed by atoms with Crippen molar-refractivity contribution in [2.24, 2.45) is 0 Å². The molecule has 0 unspecified atom stereocenters. The van der Waals surface area contributed by atoms with E-state index in [1.54, 1.807) is 35.6 Å². The van der Waals surface area contributed by atoms with Crippen LogP contribution in [0.15, 0.2) is 30.3 Å². The molecule has 6 nitrogen and oxygen atoms in total. The zero-order valence-corrected chi connectivity index (χ0v) is 12.1. The maximum atomic E-state index is 12.3. The minimum absolute atomic E-state index is 0.469. The Kier molecular flexibility index (Phi) is 4.57. The third kappa shape index (κ3) is 3.79. The Labute approximate surface area is 129 Å². The smallest absolute Gasteiger partial charge is 0.345 e. The number of amides is 4. The number of carbonyl (C=O) groups is 3. The predicted octanol–water partition coefficient (Wildman–Crippen LogP) is 1.52. The van der Waals surface area contributed by atoms with Crippen molar-refractivity contribution in [1.82, 2.24) is 10.2 Å². The second-order valence-corrected chi connectivity index (χ2v) is 4.98. The standard InChI is InChI=1S/C14H14F3N3O3/c1-9-12(22)19(7-11(21)18-8-14(15,16)17)13(23)20(9)10-5-3-2-4-6-10/h2-6,9H,7-8H2,1H3,(H,18,21)/t9-/m0/s1. The molecule has 1 atom stereocenters. The first kappa shape index (κ1) is 16.8. The molecule has 1 aliphatic rings. The summed E-state index contributed by atoms with van der Waals surface area (Å²) in [6.45, 7) is -0.776. The highest BCUT2D eigenvalue weighted by atomic mass is 19.4. The van der Waals surface area contributed by atoms with Crippen LogP contribution in [0.4, 0.5) is 23.7 Å². The first-order valence-corrected chi connectivity index (χ1v) is 6.74. The fraction of sp³-hybridized carbons (Fsp3) is 0.357. The van der Waals surface area contributed by atoms with E-state index >= 15 is 0 Å². The van der Waals surface area contributed by atoms with Gasteiger partial charge in [0.05, 0.1) is 0 Å². The second-order valence-electron chi connectivity index (χ2n) is 4.98. The van der Waals surface area contributed by atoms with Gasteiger partial charge in [0.2, 0.25) is 5.91 Å². The third-order valence-corrected chi connectivity index (χ3v) is 3.27. The highest BCUT2D eigenvalue weighted by Crippen LogP contribution is 2.25. The fourth-order valence-electron chi connectivity index (χ4n) is 2.19. The lowest BCUT2D eigenvalue weighted by Gasteiger charge is -2.19. The number of halogens is 3. The van der Waals surface area contributed by atoms with Gasteiger partial charge in [-0.1, -0.05) is 18.2 Å². The Balaban J connectivity index is 2.08. The number of nitrogens with zero attached hydrogens (tertiary/aromatic N) is 2. The van der Waals surface area contributed by atoms with Gasteiger partial charge >= 0.3 is 12.2 Å². The fourth-order valence-corrected chi connectivity index (χ4v) is 2.19. The van der Waals surface area contributed by atoms with E-state index in [2.05, 4.69) is 0 Å². The molecule has 124 valence electrons. The molecule has 1 aromatic rings. The number of carbonyl (C=O) groups excluding carboxylic acids is 3. The van der Waals surface area contributed by atoms with Gasteiger partial charge in [-0.3, -0.25) is 19.4 Å². The Morgan fingerprint density at radius 1 is 1.22 bits per heavy atom. The molecule has 1 saturated heterocycles. The van der Waals surface area contributed by atoms with Crippen molar-refractivity contribution >= 4 is 23.5 Å². The summed E-state index contributed by atoms with van der Waals surface area (Å²) in [7, 11) is 0. The second kappa shape index (κ2) is 6.27. The number of benzene rings is 1. The molecule has 1 N–H and O–H groups in total. The molecule has 0 saturated carbocycles. The van der Waals surface area contributed by atoms with Crippen molar-refractivity contribution in [3.05, 3.63) is 30.3 Å². The van der Waals surface area contributed by atoms with E-state index in [9.17, 15) is 27.6 Å². The molecule has 0 spiro atoms. The summed E-state index contributed by atoms with van der Waals surface area (Å²) in [6, 6.07) is 6.76. The normalized spacial score (nSPS) is 18.5. The average Bonchev–Trinajstić information content (AvgIpc) is 2.69. The van der Waals surface area contributed by atoms with E-state index in [0.29, 0.717) is 10.6 Å². The number of imide groups is 1. The first-order chi connectivity index (χ1) is 10.7. The molecule has 1 fully saturated rings. The highest BCUT2D eigenvalue weighted by molar-refractivity contribution is 6.15. The van der Waals surface area contributed by atoms with Gasteiger partial charge in [-0.2, -0.15) is 13.2 Å². The van der Waals surface area contributed by atoms with Crippen molar-refractivity contribution < 1.29 is 27.6 Å². The van der Waals surface area contributed by atoms with Crippen molar-refractivity contribution in [2.45, 2.75) is 19.1 Å². The number of anilines is 1. The van der Waals surface area contributed by atoms with Crippen LogP contribution in [-0.4, -0.2) is 48.1 Å². The predicted molar refractivity (Wildman–Crippen MR) is 74.6 cm³/mol. The highest BCUT2D eigenvalue weighted by Gasteiger charge is 2.44. The molecule has 0 aliphatic carbocycles. The minimum atomic E-state index is -4.56. The van der Waals surface area contributed by atoms with Crippen LogP contribution in [0.5, 0.6) is 0 Å². The molecule has 4 amide bonds. The molecular weight excluding hydrogens is 315 g/mol. The van der Waals surface area contributed by atoms with Crippen LogP contribution in [0, 0.1) is 0 Å². The van der Waals surface area contributed by atoms with Gasteiger partial charge in [-0.25, -0.2) is 4.79 Å². The van der Waals surface area contributed by atoms with Crippen molar-refractivity contribution in [3.63, 3.8) is 0 Å². The van der Waals surface area contributed by atoms with Crippen LogP contribution in [0.25, 0.3) is 0 Å². The van der Waals surface area contributed by atoms with Gasteiger partial charge in [0.15, 0.2) is 0 Å². The number of alkyl halides is 3. The summed E-state index contributed by atoms with van der Waals surface area (Å²) in [4.78, 5) is 37.7. The molecule has 0 bridgehead atoms. The summed E-state index contributed by atoms with van der Waals surface area (Å²) in [5.41, 5.74) is 0.469. The van der Waals surface area contributed by atoms with E-state index in [4.69, 9.17) is 0 Å². The van der Waals surface area contributed by atoms with E-state index in [1.165, 1.54) is 11.8 Å². The lowest BCUT2D eigenvalue weighted by molar-refractivity contribution is -0.140. The molecule has 23 heavy (non-hydrogen) atoms. The Hall–Kier alpha value is -2.58. The van der Waals surface area contributed by atoms with Crippen LogP contribution in [0.3, 0.4) is 0 Å². The zero-order chi connectivity index (χ0) is 17.2. The van der Waals surface area contributed by atoms with E-state index < -0.39 is 43.2 Å². The SMILES string of the molecule is C[C@H]1C(=O)N(CC(=O)NCC(F)(F)F)C(=O)N1c1ccccc1. The van der Waals surface area contributed by atoms with Gasteiger partial charge < -0.3 is 5.32 Å². The minimum Gasteiger partial charge on any atom is -0.345 e. The van der Waals surface area contributed by atoms with Crippen LogP contribution in [0.2, 0.25) is 0 Å². The van der Waals surface area contributed by atoms with Crippen molar-refractivity contribution in [1.29, 1.82) is 0 Å². The van der Waals surface area contributed by atoms with Crippen LogP contribution >= 0.6 is 0 Å². The molecule has 2 rings (SSSR count).